The van der Waals surface area contributed by atoms with Gasteiger partial charge in [-0.3, -0.25) is 4.79 Å². The van der Waals surface area contributed by atoms with Crippen LogP contribution in [-0.2, 0) is 32.0 Å². The van der Waals surface area contributed by atoms with Gasteiger partial charge in [-0.1, -0.05) is 26.0 Å². The quantitative estimate of drug-likeness (QED) is 0.389. The van der Waals surface area contributed by atoms with Gasteiger partial charge in [0.1, 0.15) is 18.5 Å². The lowest BCUT2D eigenvalue weighted by atomic mass is 9.90. The van der Waals surface area contributed by atoms with Crippen LogP contribution >= 0.6 is 11.3 Å². The third kappa shape index (κ3) is 7.73. The Bertz CT molecular complexity index is 965. The molecule has 0 amide bonds. The van der Waals surface area contributed by atoms with Crippen molar-refractivity contribution in [3.8, 4) is 5.75 Å². The lowest BCUT2D eigenvalue weighted by molar-refractivity contribution is -0.152. The first-order valence-corrected chi connectivity index (χ1v) is 13.7. The zero-order chi connectivity index (χ0) is 25.5. The molecule has 1 aromatic heterocycles. The van der Waals surface area contributed by atoms with Gasteiger partial charge in [0.15, 0.2) is 6.29 Å². The van der Waals surface area contributed by atoms with Gasteiger partial charge in [-0.2, -0.15) is 0 Å². The minimum Gasteiger partial charge on any atom is -0.487 e. The van der Waals surface area contributed by atoms with Crippen molar-refractivity contribution >= 4 is 17.3 Å². The van der Waals surface area contributed by atoms with Crippen molar-refractivity contribution in [3.63, 3.8) is 0 Å². The molecule has 0 bridgehead atoms. The number of nitrogens with one attached hydrogen (secondary N) is 1. The summed E-state index contributed by atoms with van der Waals surface area (Å²) in [4.78, 5) is 17.3. The first kappa shape index (κ1) is 27.0. The van der Waals surface area contributed by atoms with E-state index in [4.69, 9.17) is 18.9 Å². The number of fused-ring (bicyclic) bond motifs is 1. The topological polar surface area (TPSA) is 99.1 Å². The van der Waals surface area contributed by atoms with Gasteiger partial charge < -0.3 is 29.4 Å². The molecule has 2 aromatic rings. The van der Waals surface area contributed by atoms with Crippen LogP contribution in [0, 0.1) is 24.7 Å². The molecule has 0 radical (unpaired) electrons. The number of aryl methyl sites for hydroxylation is 1. The number of aliphatic hydroxyl groups is 1. The second kappa shape index (κ2) is 13.0. The van der Waals surface area contributed by atoms with E-state index in [0.29, 0.717) is 38.7 Å². The molecule has 2 aliphatic heterocycles. The van der Waals surface area contributed by atoms with Crippen molar-refractivity contribution in [1.82, 2.24) is 10.3 Å². The van der Waals surface area contributed by atoms with Crippen LogP contribution in [-0.4, -0.2) is 60.9 Å². The third-order valence-electron chi connectivity index (χ3n) is 6.62. The number of rotatable bonds is 13. The molecule has 2 N–H and O–H groups in total. The maximum Gasteiger partial charge on any atom is 0.306 e. The van der Waals surface area contributed by atoms with E-state index in [-0.39, 0.29) is 36.6 Å². The highest BCUT2D eigenvalue weighted by molar-refractivity contribution is 7.09. The van der Waals surface area contributed by atoms with E-state index in [0.717, 1.165) is 35.0 Å². The lowest BCUT2D eigenvalue weighted by Crippen LogP contribution is -2.37. The minimum atomic E-state index is -0.678. The zero-order valence-electron chi connectivity index (χ0n) is 21.4. The van der Waals surface area contributed by atoms with Gasteiger partial charge in [0.2, 0.25) is 0 Å². The smallest absolute Gasteiger partial charge is 0.306 e. The lowest BCUT2D eigenvalue weighted by Gasteiger charge is -2.24. The zero-order valence-corrected chi connectivity index (χ0v) is 22.2. The maximum absolute atomic E-state index is 12.9. The number of hydrogen-bond donors (Lipinski definition) is 2. The van der Waals surface area contributed by atoms with Gasteiger partial charge in [-0.15, -0.1) is 11.3 Å². The van der Waals surface area contributed by atoms with Crippen LogP contribution in [0.25, 0.3) is 0 Å². The molecule has 8 nitrogen and oxygen atoms in total. The predicted octanol–water partition coefficient (Wildman–Crippen LogP) is 3.49. The summed E-state index contributed by atoms with van der Waals surface area (Å²) in [7, 11) is 0. The highest BCUT2D eigenvalue weighted by Gasteiger charge is 2.44. The van der Waals surface area contributed by atoms with Crippen molar-refractivity contribution in [2.75, 3.05) is 26.3 Å². The van der Waals surface area contributed by atoms with E-state index >= 15 is 0 Å². The molecule has 0 saturated carbocycles. The van der Waals surface area contributed by atoms with Gasteiger partial charge in [0, 0.05) is 17.8 Å². The van der Waals surface area contributed by atoms with Gasteiger partial charge >= 0.3 is 5.97 Å². The Hall–Kier alpha value is -2.04. The van der Waals surface area contributed by atoms with Crippen LogP contribution in [0.2, 0.25) is 0 Å². The van der Waals surface area contributed by atoms with Gasteiger partial charge in [0.25, 0.3) is 0 Å². The van der Waals surface area contributed by atoms with E-state index in [1.807, 2.05) is 36.6 Å². The summed E-state index contributed by atoms with van der Waals surface area (Å²) < 4.78 is 22.8. The number of carbonyl (C=O) groups excluding carboxylic acids is 1. The molecule has 2 fully saturated rings. The van der Waals surface area contributed by atoms with Crippen molar-refractivity contribution in [2.45, 2.75) is 65.1 Å². The Kier molecular flexibility index (Phi) is 9.73. The molecule has 9 heteroatoms. The monoisotopic (exact) mass is 518 g/mol. The molecule has 1 aromatic carbocycles. The molecule has 5 atom stereocenters. The molecule has 2 saturated heterocycles. The first-order chi connectivity index (χ1) is 17.4. The van der Waals surface area contributed by atoms with Crippen LogP contribution in [0.5, 0.6) is 5.75 Å². The molecule has 3 unspecified atom stereocenters. The van der Waals surface area contributed by atoms with Crippen molar-refractivity contribution in [1.29, 1.82) is 0 Å². The Balaban J connectivity index is 1.33. The van der Waals surface area contributed by atoms with E-state index in [2.05, 4.69) is 24.1 Å². The number of carbonyl (C=O) groups is 1. The van der Waals surface area contributed by atoms with Crippen LogP contribution in [0.4, 0.5) is 0 Å². The number of ether oxygens (including phenoxy) is 4. The number of nitrogens with zero attached hydrogens (tertiary/aromatic N) is 1. The Morgan fingerprint density at radius 1 is 1.25 bits per heavy atom. The van der Waals surface area contributed by atoms with E-state index in [9.17, 15) is 9.90 Å². The average Bonchev–Trinajstić information content (AvgIpc) is 3.57. The van der Waals surface area contributed by atoms with E-state index in [1.54, 1.807) is 11.3 Å². The maximum atomic E-state index is 12.9. The highest BCUT2D eigenvalue weighted by atomic mass is 32.1. The van der Waals surface area contributed by atoms with Gasteiger partial charge in [-0.25, -0.2) is 4.98 Å². The molecule has 0 spiro atoms. The van der Waals surface area contributed by atoms with Crippen molar-refractivity contribution in [2.24, 2.45) is 17.8 Å². The second-order valence-electron chi connectivity index (χ2n) is 10.1. The van der Waals surface area contributed by atoms with Gasteiger partial charge in [-0.05, 0) is 49.9 Å². The van der Waals surface area contributed by atoms with Gasteiger partial charge in [0.05, 0.1) is 42.4 Å². The summed E-state index contributed by atoms with van der Waals surface area (Å²) in [5.74, 6) is 0.757. The second-order valence-corrected chi connectivity index (χ2v) is 11.2. The fraction of sp³-hybridized carbons (Fsp3) is 0.630. The third-order valence-corrected chi connectivity index (χ3v) is 7.44. The summed E-state index contributed by atoms with van der Waals surface area (Å²) in [6.07, 6.45) is 0.318. The molecule has 36 heavy (non-hydrogen) atoms. The molecule has 3 heterocycles. The average molecular weight is 519 g/mol. The van der Waals surface area contributed by atoms with Crippen LogP contribution < -0.4 is 10.1 Å². The normalized spacial score (nSPS) is 23.0. The van der Waals surface area contributed by atoms with Crippen molar-refractivity contribution in [3.05, 3.63) is 45.9 Å². The standard InChI is InChI=1S/C27H38N2O6S/c1-17(2)12-28-13-24(30)20(11-26(31)35-25-15-34-27-23(25)8-9-32-27)10-19-4-6-22(7-5-19)33-14-21-16-36-18(3)29-21/h4-7,16-17,20,23-25,27-28,30H,8-15H2,1-3H3/t20-,23?,24?,25+,27?/m1/s1. The summed E-state index contributed by atoms with van der Waals surface area (Å²) in [5.41, 5.74) is 1.95. The number of benzene rings is 1. The van der Waals surface area contributed by atoms with Crippen LogP contribution in [0.3, 0.4) is 0 Å². The fourth-order valence-corrected chi connectivity index (χ4v) is 5.26. The van der Waals surface area contributed by atoms with Crippen LogP contribution in [0.15, 0.2) is 29.6 Å². The summed E-state index contributed by atoms with van der Waals surface area (Å²) in [6, 6.07) is 7.81. The number of esters is 1. The summed E-state index contributed by atoms with van der Waals surface area (Å²) >= 11 is 1.61. The summed E-state index contributed by atoms with van der Waals surface area (Å²) in [6.45, 7) is 8.88. The number of hydrogen-bond acceptors (Lipinski definition) is 9. The molecule has 4 rings (SSSR count). The van der Waals surface area contributed by atoms with Crippen LogP contribution in [0.1, 0.15) is 43.0 Å². The Morgan fingerprint density at radius 3 is 2.78 bits per heavy atom. The first-order valence-electron chi connectivity index (χ1n) is 12.8. The molecular formula is C27H38N2O6S. The van der Waals surface area contributed by atoms with E-state index in [1.165, 1.54) is 0 Å². The number of aromatic nitrogens is 1. The number of aliphatic hydroxyl groups excluding tert-OH is 1. The Morgan fingerprint density at radius 2 is 2.06 bits per heavy atom. The molecule has 198 valence electrons. The predicted molar refractivity (Wildman–Crippen MR) is 137 cm³/mol. The highest BCUT2D eigenvalue weighted by Crippen LogP contribution is 2.33. The summed E-state index contributed by atoms with van der Waals surface area (Å²) in [5, 5.41) is 17.3. The van der Waals surface area contributed by atoms with Crippen molar-refractivity contribution < 1.29 is 28.8 Å². The molecule has 0 aliphatic carbocycles. The number of thiazole rings is 1. The molecular weight excluding hydrogens is 480 g/mol. The fourth-order valence-electron chi connectivity index (χ4n) is 4.67. The SMILES string of the molecule is Cc1nc(COc2ccc(C[C@H](CC(=O)O[C@H]3COC4OCCC43)C(O)CNCC(C)C)cc2)cs1. The molecule has 2 aliphatic rings. The minimum absolute atomic E-state index is 0.103. The van der Waals surface area contributed by atoms with E-state index < -0.39 is 6.10 Å². The largest absolute Gasteiger partial charge is 0.487 e. The Labute approximate surface area is 217 Å².